The molecule has 0 aromatic carbocycles. The molecule has 0 radical (unpaired) electrons. The van der Waals surface area contributed by atoms with E-state index in [4.69, 9.17) is 4.52 Å². The number of halogens is 3. The molecule has 0 unspecified atom stereocenters. The van der Waals surface area contributed by atoms with Crippen molar-refractivity contribution < 1.29 is 17.7 Å². The Bertz CT molecular complexity index is 697. The fraction of sp³-hybridized carbons (Fsp3) is 0.571. The summed E-state index contributed by atoms with van der Waals surface area (Å²) in [6, 6.07) is 0. The van der Waals surface area contributed by atoms with Gasteiger partial charge in [0.1, 0.15) is 0 Å². The molecule has 0 bridgehead atoms. The monoisotopic (exact) mass is 376 g/mol. The lowest BCUT2D eigenvalue weighted by Crippen LogP contribution is -2.38. The van der Waals surface area contributed by atoms with Crippen LogP contribution in [0.1, 0.15) is 29.3 Å². The predicted molar refractivity (Wildman–Crippen MR) is 87.5 cm³/mol. The number of guanidine groups is 1. The van der Waals surface area contributed by atoms with Crippen molar-refractivity contribution in [2.24, 2.45) is 4.99 Å². The molecule has 25 heavy (non-hydrogen) atoms. The summed E-state index contributed by atoms with van der Waals surface area (Å²) in [5.74, 6) is 1.69. The van der Waals surface area contributed by atoms with E-state index in [1.807, 2.05) is 6.92 Å². The smallest absolute Gasteiger partial charge is 0.357 e. The summed E-state index contributed by atoms with van der Waals surface area (Å²) in [4.78, 5) is 12.0. The maximum absolute atomic E-state index is 12.5. The van der Waals surface area contributed by atoms with Crippen molar-refractivity contribution in [3.8, 4) is 0 Å². The Morgan fingerprint density at radius 2 is 2.08 bits per heavy atom. The quantitative estimate of drug-likeness (QED) is 0.569. The van der Waals surface area contributed by atoms with Gasteiger partial charge in [-0.05, 0) is 13.8 Å². The molecular formula is C14H19F3N6OS. The van der Waals surface area contributed by atoms with Crippen molar-refractivity contribution in [1.82, 2.24) is 25.8 Å². The number of hydrogen-bond donors (Lipinski definition) is 2. The van der Waals surface area contributed by atoms with Crippen LogP contribution in [0.25, 0.3) is 0 Å². The SMILES string of the molecule is CCNC(=NCCc1nc(C(F)(F)F)cs1)NCCc1nc(C)no1. The molecule has 0 fully saturated rings. The molecule has 7 nitrogen and oxygen atoms in total. The van der Waals surface area contributed by atoms with Crippen LogP contribution in [-0.2, 0) is 19.0 Å². The Hall–Kier alpha value is -2.17. The van der Waals surface area contributed by atoms with Crippen molar-refractivity contribution in [3.63, 3.8) is 0 Å². The predicted octanol–water partition coefficient (Wildman–Crippen LogP) is 2.19. The van der Waals surface area contributed by atoms with Crippen molar-refractivity contribution in [2.75, 3.05) is 19.6 Å². The molecular weight excluding hydrogens is 357 g/mol. The van der Waals surface area contributed by atoms with E-state index in [0.717, 1.165) is 16.7 Å². The molecule has 0 saturated carbocycles. The second-order valence-corrected chi connectivity index (χ2v) is 5.99. The Morgan fingerprint density at radius 3 is 2.68 bits per heavy atom. The summed E-state index contributed by atoms with van der Waals surface area (Å²) >= 11 is 0.990. The highest BCUT2D eigenvalue weighted by Gasteiger charge is 2.33. The molecule has 138 valence electrons. The fourth-order valence-corrected chi connectivity index (χ4v) is 2.68. The average Bonchev–Trinajstić information content (AvgIpc) is 3.16. The second-order valence-electron chi connectivity index (χ2n) is 5.05. The largest absolute Gasteiger partial charge is 0.434 e. The lowest BCUT2D eigenvalue weighted by atomic mass is 10.4. The van der Waals surface area contributed by atoms with Gasteiger partial charge in [0.2, 0.25) is 5.89 Å². The first-order valence-electron chi connectivity index (χ1n) is 7.71. The minimum atomic E-state index is -4.40. The molecule has 2 heterocycles. The van der Waals surface area contributed by atoms with E-state index in [1.54, 1.807) is 6.92 Å². The summed E-state index contributed by atoms with van der Waals surface area (Å²) in [7, 11) is 0. The van der Waals surface area contributed by atoms with E-state index in [1.165, 1.54) is 0 Å². The Labute approximate surface area is 146 Å². The number of rotatable bonds is 7. The fourth-order valence-electron chi connectivity index (χ4n) is 1.89. The first-order valence-corrected chi connectivity index (χ1v) is 8.59. The molecule has 0 spiro atoms. The Morgan fingerprint density at radius 1 is 1.28 bits per heavy atom. The lowest BCUT2D eigenvalue weighted by Gasteiger charge is -2.09. The van der Waals surface area contributed by atoms with Gasteiger partial charge in [-0.1, -0.05) is 5.16 Å². The van der Waals surface area contributed by atoms with Gasteiger partial charge in [-0.25, -0.2) is 4.98 Å². The highest BCUT2D eigenvalue weighted by atomic mass is 32.1. The van der Waals surface area contributed by atoms with E-state index in [9.17, 15) is 13.2 Å². The van der Waals surface area contributed by atoms with Crippen LogP contribution in [0.2, 0.25) is 0 Å². The Kier molecular flexibility index (Phi) is 6.73. The first kappa shape index (κ1) is 19.2. The van der Waals surface area contributed by atoms with Gasteiger partial charge in [0, 0.05) is 37.9 Å². The zero-order chi connectivity index (χ0) is 18.3. The zero-order valence-corrected chi connectivity index (χ0v) is 14.7. The van der Waals surface area contributed by atoms with Gasteiger partial charge in [0.05, 0.1) is 5.01 Å². The molecule has 0 aliphatic heterocycles. The van der Waals surface area contributed by atoms with Crippen LogP contribution in [0.15, 0.2) is 14.9 Å². The van der Waals surface area contributed by atoms with Crippen LogP contribution in [-0.4, -0.2) is 40.7 Å². The van der Waals surface area contributed by atoms with E-state index in [0.29, 0.717) is 55.2 Å². The van der Waals surface area contributed by atoms with E-state index >= 15 is 0 Å². The summed E-state index contributed by atoms with van der Waals surface area (Å²) in [5.41, 5.74) is -0.851. The van der Waals surface area contributed by atoms with E-state index < -0.39 is 11.9 Å². The third-order valence-electron chi connectivity index (χ3n) is 2.98. The molecule has 2 rings (SSSR count). The molecule has 2 N–H and O–H groups in total. The summed E-state index contributed by atoms with van der Waals surface area (Å²) in [5, 5.41) is 11.3. The van der Waals surface area contributed by atoms with Crippen molar-refractivity contribution in [2.45, 2.75) is 32.9 Å². The van der Waals surface area contributed by atoms with E-state index in [-0.39, 0.29) is 0 Å². The Balaban J connectivity index is 1.81. The highest BCUT2D eigenvalue weighted by Crippen LogP contribution is 2.30. The van der Waals surface area contributed by atoms with Crippen LogP contribution in [0, 0.1) is 6.92 Å². The summed E-state index contributed by atoms with van der Waals surface area (Å²) in [6.45, 7) is 5.22. The van der Waals surface area contributed by atoms with Gasteiger partial charge >= 0.3 is 6.18 Å². The van der Waals surface area contributed by atoms with Crippen molar-refractivity contribution in [1.29, 1.82) is 0 Å². The van der Waals surface area contributed by atoms with Gasteiger partial charge in [0.25, 0.3) is 0 Å². The van der Waals surface area contributed by atoms with Crippen molar-refractivity contribution >= 4 is 17.3 Å². The highest BCUT2D eigenvalue weighted by molar-refractivity contribution is 7.09. The second kappa shape index (κ2) is 8.79. The molecule has 0 aliphatic carbocycles. The minimum Gasteiger partial charge on any atom is -0.357 e. The number of alkyl halides is 3. The van der Waals surface area contributed by atoms with Gasteiger partial charge < -0.3 is 15.2 Å². The maximum Gasteiger partial charge on any atom is 0.434 e. The molecule has 11 heteroatoms. The van der Waals surface area contributed by atoms with Gasteiger partial charge in [0.15, 0.2) is 17.5 Å². The lowest BCUT2D eigenvalue weighted by molar-refractivity contribution is -0.140. The molecule has 0 amide bonds. The molecule has 2 aromatic rings. The van der Waals surface area contributed by atoms with Gasteiger partial charge in [-0.15, -0.1) is 11.3 Å². The van der Waals surface area contributed by atoms with Crippen LogP contribution in [0.4, 0.5) is 13.2 Å². The minimum absolute atomic E-state index is 0.333. The number of aromatic nitrogens is 3. The number of aryl methyl sites for hydroxylation is 1. The third-order valence-corrected chi connectivity index (χ3v) is 3.89. The normalized spacial score (nSPS) is 12.4. The number of nitrogens with one attached hydrogen (secondary N) is 2. The average molecular weight is 376 g/mol. The van der Waals surface area contributed by atoms with Crippen LogP contribution < -0.4 is 10.6 Å². The van der Waals surface area contributed by atoms with Gasteiger partial charge in [-0.3, -0.25) is 4.99 Å². The number of aliphatic imine (C=N–C) groups is 1. The topological polar surface area (TPSA) is 88.2 Å². The third kappa shape index (κ3) is 6.33. The molecule has 0 atom stereocenters. The van der Waals surface area contributed by atoms with Crippen LogP contribution in [0.3, 0.4) is 0 Å². The number of thiazole rings is 1. The molecule has 0 aliphatic rings. The van der Waals surface area contributed by atoms with E-state index in [2.05, 4.69) is 30.8 Å². The summed E-state index contributed by atoms with van der Waals surface area (Å²) in [6.07, 6.45) is -3.51. The van der Waals surface area contributed by atoms with Crippen LogP contribution >= 0.6 is 11.3 Å². The number of nitrogens with zero attached hydrogens (tertiary/aromatic N) is 4. The van der Waals surface area contributed by atoms with Gasteiger partial charge in [-0.2, -0.15) is 18.2 Å². The standard InChI is InChI=1S/C14H19F3N6OS/c1-3-18-13(19-6-4-11-21-9(2)23-24-11)20-7-5-12-22-10(8-25-12)14(15,16)17/h8H,3-7H2,1-2H3,(H2,18,19,20). The number of hydrogen-bond acceptors (Lipinski definition) is 6. The van der Waals surface area contributed by atoms with Crippen molar-refractivity contribution in [3.05, 3.63) is 27.8 Å². The molecule has 2 aromatic heterocycles. The summed E-state index contributed by atoms with van der Waals surface area (Å²) < 4.78 is 42.6. The zero-order valence-electron chi connectivity index (χ0n) is 13.9. The molecule has 0 saturated heterocycles. The van der Waals surface area contributed by atoms with Crippen LogP contribution in [0.5, 0.6) is 0 Å². The maximum atomic E-state index is 12.5. The first-order chi connectivity index (χ1) is 11.9.